The van der Waals surface area contributed by atoms with E-state index in [1.165, 1.54) is 59.7 Å². The maximum Gasteiger partial charge on any atom is 0.123 e. The van der Waals surface area contributed by atoms with Gasteiger partial charge in [0.1, 0.15) is 34.8 Å². The van der Waals surface area contributed by atoms with Crippen molar-refractivity contribution in [2.24, 2.45) is 0 Å². The zero-order valence-electron chi connectivity index (χ0n) is 36.4. The molecule has 0 aromatic heterocycles. The first-order valence-corrected chi connectivity index (χ1v) is 22.7. The Morgan fingerprint density at radius 2 is 0.864 bits per heavy atom. The summed E-state index contributed by atoms with van der Waals surface area (Å²) in [7, 11) is 0. The molecule has 4 aliphatic rings. The maximum absolute atomic E-state index is 13.5. The molecule has 0 aliphatic carbocycles. The van der Waals surface area contributed by atoms with Crippen molar-refractivity contribution < 1.29 is 46.7 Å². The van der Waals surface area contributed by atoms with E-state index in [2.05, 4.69) is 28.8 Å². The molecule has 0 spiro atoms. The minimum atomic E-state index is -0.613. The molecule has 6 atom stereocenters. The molecule has 6 aromatic carbocycles. The molecule has 344 valence electrons. The summed E-state index contributed by atoms with van der Waals surface area (Å²) in [5.74, 6) is 0.151. The smallest absolute Gasteiger partial charge is 0.123 e. The van der Waals surface area contributed by atoms with Crippen LogP contribution in [0.4, 0.5) is 17.6 Å². The van der Waals surface area contributed by atoms with E-state index < -0.39 is 12.2 Å². The van der Waals surface area contributed by atoms with E-state index in [0.29, 0.717) is 39.1 Å². The molecule has 4 N–H and O–H groups in total. The summed E-state index contributed by atoms with van der Waals surface area (Å²) >= 11 is 0. The van der Waals surface area contributed by atoms with Crippen LogP contribution in [-0.2, 0) is 35.4 Å². The molecule has 0 radical (unpaired) electrons. The Morgan fingerprint density at radius 3 is 1.30 bits per heavy atom. The first-order chi connectivity index (χ1) is 32.1. The number of benzene rings is 6. The lowest BCUT2D eigenvalue weighted by Crippen LogP contribution is -2.50. The van der Waals surface area contributed by atoms with Gasteiger partial charge in [-0.1, -0.05) is 72.8 Å². The predicted octanol–water partition coefficient (Wildman–Crippen LogP) is 8.68. The molecule has 6 unspecified atom stereocenters. The van der Waals surface area contributed by atoms with Crippen molar-refractivity contribution in [2.75, 3.05) is 26.4 Å². The third-order valence-electron chi connectivity index (χ3n) is 13.2. The van der Waals surface area contributed by atoms with E-state index in [-0.39, 0.29) is 59.4 Å². The van der Waals surface area contributed by atoms with Crippen LogP contribution in [0, 0.1) is 23.3 Å². The van der Waals surface area contributed by atoms with Gasteiger partial charge in [-0.3, -0.25) is 0 Å². The minimum Gasteiger partial charge on any atom is -0.493 e. The molecule has 8 nitrogen and oxygen atoms in total. The SMILES string of the molecule is OC1CC(C(c2ccc(F)cc2)c2ccc(F)cc2)OCC1NCc1ccc2c(c1)CCO2.OC1CC(C(c2ccc(F)cc2)c2ccc(F)cc2)OCC1NCc1ccc2c(c1)OCC2. The molecule has 66 heavy (non-hydrogen) atoms. The fraction of sp³-hybridized carbons (Fsp3) is 0.333. The van der Waals surface area contributed by atoms with Gasteiger partial charge >= 0.3 is 0 Å². The van der Waals surface area contributed by atoms with Crippen LogP contribution in [-0.4, -0.2) is 73.1 Å². The predicted molar refractivity (Wildman–Crippen MR) is 243 cm³/mol. The highest BCUT2D eigenvalue weighted by Gasteiger charge is 2.37. The van der Waals surface area contributed by atoms with Crippen molar-refractivity contribution in [3.8, 4) is 11.5 Å². The number of aliphatic hydroxyl groups excluding tert-OH is 2. The van der Waals surface area contributed by atoms with Crippen LogP contribution >= 0.6 is 0 Å². The molecule has 0 saturated carbocycles. The van der Waals surface area contributed by atoms with Crippen molar-refractivity contribution in [3.63, 3.8) is 0 Å². The monoisotopic (exact) mass is 902 g/mol. The van der Waals surface area contributed by atoms with Crippen molar-refractivity contribution >= 4 is 0 Å². The van der Waals surface area contributed by atoms with E-state index in [1.807, 2.05) is 18.2 Å². The van der Waals surface area contributed by atoms with Gasteiger partial charge in [0.05, 0.1) is 62.9 Å². The second kappa shape index (κ2) is 20.9. The average molecular weight is 903 g/mol. The Bertz CT molecular complexity index is 2260. The zero-order chi connectivity index (χ0) is 45.6. The molecule has 4 aliphatic heterocycles. The summed E-state index contributed by atoms with van der Waals surface area (Å²) in [6.45, 7) is 3.37. The summed E-state index contributed by atoms with van der Waals surface area (Å²) < 4.78 is 77.7. The standard InChI is InChI=1S/2C27H27F2NO3/c28-21-6-2-18(3-7-21)27(19-4-8-22(29)9-5-19)26-14-24(31)23(16-33-26)30-15-17-1-10-25-20(13-17)11-12-32-25;28-21-7-3-19(4-8-21)27(20-5-9-22(29)10-6-20)26-14-24(31)23(16-33-26)30-15-17-1-2-18-11-12-32-25(18)13-17/h2*1-10,13,23-24,26-27,30-31H,11-12,14-16H2. The van der Waals surface area contributed by atoms with Crippen molar-refractivity contribution in [2.45, 2.75) is 87.1 Å². The van der Waals surface area contributed by atoms with Gasteiger partial charge in [-0.2, -0.15) is 0 Å². The van der Waals surface area contributed by atoms with Gasteiger partial charge in [0, 0.05) is 50.6 Å². The van der Waals surface area contributed by atoms with Crippen LogP contribution in [0.5, 0.6) is 11.5 Å². The molecule has 2 fully saturated rings. The summed E-state index contributed by atoms with van der Waals surface area (Å²) in [6.07, 6.45) is 0.840. The number of aliphatic hydroxyl groups is 2. The number of halogens is 4. The molecule has 12 heteroatoms. The van der Waals surface area contributed by atoms with Gasteiger partial charge < -0.3 is 39.8 Å². The minimum absolute atomic E-state index is 0.201. The lowest BCUT2D eigenvalue weighted by molar-refractivity contribution is -0.0720. The van der Waals surface area contributed by atoms with Crippen LogP contribution in [0.15, 0.2) is 133 Å². The first-order valence-electron chi connectivity index (χ1n) is 22.7. The molecule has 6 aromatic rings. The lowest BCUT2D eigenvalue weighted by Gasteiger charge is -2.38. The molecule has 10 rings (SSSR count). The summed E-state index contributed by atoms with van der Waals surface area (Å²) in [5.41, 5.74) is 8.16. The second-order valence-electron chi connectivity index (χ2n) is 17.6. The Labute approximate surface area is 382 Å². The number of ether oxygens (including phenoxy) is 4. The van der Waals surface area contributed by atoms with Gasteiger partial charge in [-0.25, -0.2) is 17.6 Å². The second-order valence-corrected chi connectivity index (χ2v) is 17.6. The number of fused-ring (bicyclic) bond motifs is 2. The maximum atomic E-state index is 13.5. The fourth-order valence-corrected chi connectivity index (χ4v) is 9.56. The molecule has 0 amide bonds. The molecule has 0 bridgehead atoms. The number of nitrogens with one attached hydrogen (secondary N) is 2. The van der Waals surface area contributed by atoms with Crippen LogP contribution in [0.1, 0.15) is 69.2 Å². The third-order valence-corrected chi connectivity index (χ3v) is 13.2. The highest BCUT2D eigenvalue weighted by atomic mass is 19.1. The Hall–Kier alpha value is -5.60. The lowest BCUT2D eigenvalue weighted by atomic mass is 9.82. The van der Waals surface area contributed by atoms with Crippen molar-refractivity contribution in [1.29, 1.82) is 0 Å². The largest absolute Gasteiger partial charge is 0.493 e. The highest BCUT2D eigenvalue weighted by molar-refractivity contribution is 5.41. The van der Waals surface area contributed by atoms with E-state index in [9.17, 15) is 27.8 Å². The average Bonchev–Trinajstić information content (AvgIpc) is 4.01. The van der Waals surface area contributed by atoms with Crippen LogP contribution in [0.2, 0.25) is 0 Å². The fourth-order valence-electron chi connectivity index (χ4n) is 9.56. The summed E-state index contributed by atoms with van der Waals surface area (Å²) in [5, 5.41) is 28.7. The zero-order valence-corrected chi connectivity index (χ0v) is 36.4. The Morgan fingerprint density at radius 1 is 0.470 bits per heavy atom. The summed E-state index contributed by atoms with van der Waals surface area (Å²) in [6, 6.07) is 37.1. The molecular formula is C54H54F4N2O6. The third kappa shape index (κ3) is 11.0. The molecule has 2 saturated heterocycles. The van der Waals surface area contributed by atoms with Crippen molar-refractivity contribution in [3.05, 3.63) is 201 Å². The van der Waals surface area contributed by atoms with Crippen LogP contribution in [0.25, 0.3) is 0 Å². The van der Waals surface area contributed by atoms with Crippen molar-refractivity contribution in [1.82, 2.24) is 10.6 Å². The van der Waals surface area contributed by atoms with E-state index in [1.54, 1.807) is 48.5 Å². The first kappa shape index (κ1) is 45.6. The Balaban J connectivity index is 0.000000166. The topological polar surface area (TPSA) is 101 Å². The van der Waals surface area contributed by atoms with Gasteiger partial charge in [0.25, 0.3) is 0 Å². The highest BCUT2D eigenvalue weighted by Crippen LogP contribution is 2.37. The number of hydrogen-bond donors (Lipinski definition) is 4. The Kier molecular flexibility index (Phi) is 14.4. The van der Waals surface area contributed by atoms with E-state index in [4.69, 9.17) is 18.9 Å². The normalized spacial score (nSPS) is 22.2. The van der Waals surface area contributed by atoms with E-state index >= 15 is 0 Å². The van der Waals surface area contributed by atoms with Gasteiger partial charge in [0.15, 0.2) is 0 Å². The van der Waals surface area contributed by atoms with Gasteiger partial charge in [-0.15, -0.1) is 0 Å². The summed E-state index contributed by atoms with van der Waals surface area (Å²) in [4.78, 5) is 0. The molecular weight excluding hydrogens is 849 g/mol. The van der Waals surface area contributed by atoms with Crippen LogP contribution in [0.3, 0.4) is 0 Å². The van der Waals surface area contributed by atoms with Gasteiger partial charge in [-0.05, 0) is 105 Å². The number of hydrogen-bond acceptors (Lipinski definition) is 8. The van der Waals surface area contributed by atoms with E-state index in [0.717, 1.165) is 70.9 Å². The van der Waals surface area contributed by atoms with Crippen LogP contribution < -0.4 is 20.1 Å². The van der Waals surface area contributed by atoms with Gasteiger partial charge in [0.2, 0.25) is 0 Å². The number of rotatable bonds is 12. The molecule has 4 heterocycles. The quantitative estimate of drug-likeness (QED) is 0.0907.